The van der Waals surface area contributed by atoms with E-state index in [0.717, 1.165) is 32.6 Å². The molecule has 1 aliphatic rings. The number of hydrogen-bond donors (Lipinski definition) is 0. The third-order valence-corrected chi connectivity index (χ3v) is 4.07. The molecule has 104 valence electrons. The van der Waals surface area contributed by atoms with Crippen LogP contribution in [0, 0.1) is 0 Å². The summed E-state index contributed by atoms with van der Waals surface area (Å²) >= 11 is 0. The average Bonchev–Trinajstić information content (AvgIpc) is 2.61. The smallest absolute Gasteiger partial charge is 0.223 e. The maximum absolute atomic E-state index is 11.6. The fourth-order valence-electron chi connectivity index (χ4n) is 2.52. The fourth-order valence-corrected chi connectivity index (χ4v) is 2.52. The van der Waals surface area contributed by atoms with Gasteiger partial charge in [-0.2, -0.15) is 0 Å². The Morgan fingerprint density at radius 3 is 2.63 bits per heavy atom. The van der Waals surface area contributed by atoms with Crippen LogP contribution in [0.25, 0.3) is 0 Å². The van der Waals surface area contributed by atoms with Crippen molar-refractivity contribution in [2.45, 2.75) is 25.7 Å². The Morgan fingerprint density at radius 1 is 1.16 bits per heavy atom. The summed E-state index contributed by atoms with van der Waals surface area (Å²) in [5.74, 6) is 0.858. The van der Waals surface area contributed by atoms with Gasteiger partial charge in [0.15, 0.2) is 0 Å². The van der Waals surface area contributed by atoms with Crippen molar-refractivity contribution in [2.75, 3.05) is 33.2 Å². The van der Waals surface area contributed by atoms with Gasteiger partial charge in [-0.1, -0.05) is 37.3 Å². The third kappa shape index (κ3) is 4.06. The van der Waals surface area contributed by atoms with Crippen LogP contribution in [0.15, 0.2) is 30.3 Å². The van der Waals surface area contributed by atoms with Crippen molar-refractivity contribution < 1.29 is 4.79 Å². The quantitative estimate of drug-likeness (QED) is 0.829. The minimum absolute atomic E-state index is 0.276. The SMILES string of the molecule is C[C@H](CCN1CCC(=O)N(C)CC1)c1ccccc1. The molecule has 1 aromatic rings. The molecule has 2 rings (SSSR count). The second-order valence-electron chi connectivity index (χ2n) is 5.51. The summed E-state index contributed by atoms with van der Waals surface area (Å²) in [6, 6.07) is 10.7. The molecule has 1 saturated heterocycles. The van der Waals surface area contributed by atoms with Crippen molar-refractivity contribution >= 4 is 5.91 Å². The Hall–Kier alpha value is -1.35. The lowest BCUT2D eigenvalue weighted by Crippen LogP contribution is -2.31. The molecular formula is C16H24N2O. The van der Waals surface area contributed by atoms with Crippen LogP contribution in [0.3, 0.4) is 0 Å². The van der Waals surface area contributed by atoms with Gasteiger partial charge in [-0.3, -0.25) is 4.79 Å². The largest absolute Gasteiger partial charge is 0.344 e. The van der Waals surface area contributed by atoms with Crippen molar-refractivity contribution in [1.82, 2.24) is 9.80 Å². The van der Waals surface area contributed by atoms with Crippen LogP contribution in [0.2, 0.25) is 0 Å². The molecular weight excluding hydrogens is 236 g/mol. The highest BCUT2D eigenvalue weighted by molar-refractivity contribution is 5.76. The molecule has 0 bridgehead atoms. The van der Waals surface area contributed by atoms with E-state index in [0.29, 0.717) is 12.3 Å². The van der Waals surface area contributed by atoms with Gasteiger partial charge in [0.2, 0.25) is 5.91 Å². The average molecular weight is 260 g/mol. The number of hydrogen-bond acceptors (Lipinski definition) is 2. The molecule has 1 aliphatic heterocycles. The van der Waals surface area contributed by atoms with E-state index >= 15 is 0 Å². The summed E-state index contributed by atoms with van der Waals surface area (Å²) in [5.41, 5.74) is 1.41. The first-order valence-corrected chi connectivity index (χ1v) is 7.18. The van der Waals surface area contributed by atoms with Crippen LogP contribution in [-0.4, -0.2) is 48.9 Å². The van der Waals surface area contributed by atoms with E-state index in [-0.39, 0.29) is 5.91 Å². The Balaban J connectivity index is 1.81. The van der Waals surface area contributed by atoms with Gasteiger partial charge in [0.25, 0.3) is 0 Å². The lowest BCUT2D eigenvalue weighted by Gasteiger charge is -2.22. The van der Waals surface area contributed by atoms with Crippen LogP contribution in [0.5, 0.6) is 0 Å². The first-order chi connectivity index (χ1) is 9.16. The molecule has 0 saturated carbocycles. The zero-order valence-electron chi connectivity index (χ0n) is 12.0. The summed E-state index contributed by atoms with van der Waals surface area (Å²) in [7, 11) is 1.90. The van der Waals surface area contributed by atoms with E-state index in [1.54, 1.807) is 0 Å². The van der Waals surface area contributed by atoms with E-state index in [9.17, 15) is 4.79 Å². The van der Waals surface area contributed by atoms with E-state index in [1.807, 2.05) is 11.9 Å². The zero-order chi connectivity index (χ0) is 13.7. The first-order valence-electron chi connectivity index (χ1n) is 7.18. The van der Waals surface area contributed by atoms with Crippen LogP contribution >= 0.6 is 0 Å². The number of amides is 1. The molecule has 0 radical (unpaired) electrons. The first kappa shape index (κ1) is 14.1. The highest BCUT2D eigenvalue weighted by Crippen LogP contribution is 2.19. The molecule has 1 heterocycles. The van der Waals surface area contributed by atoms with Crippen molar-refractivity contribution in [3.05, 3.63) is 35.9 Å². The molecule has 19 heavy (non-hydrogen) atoms. The lowest BCUT2D eigenvalue weighted by molar-refractivity contribution is -0.129. The molecule has 3 heteroatoms. The number of likely N-dealkylation sites (N-methyl/N-ethyl adjacent to an activating group) is 1. The van der Waals surface area contributed by atoms with E-state index in [4.69, 9.17) is 0 Å². The Labute approximate surface area is 116 Å². The Kier molecular flexibility index (Phi) is 4.97. The third-order valence-electron chi connectivity index (χ3n) is 4.07. The minimum Gasteiger partial charge on any atom is -0.344 e. The van der Waals surface area contributed by atoms with Gasteiger partial charge < -0.3 is 9.80 Å². The highest BCUT2D eigenvalue weighted by atomic mass is 16.2. The van der Waals surface area contributed by atoms with Gasteiger partial charge in [0, 0.05) is 33.1 Å². The molecule has 0 spiro atoms. The zero-order valence-corrected chi connectivity index (χ0v) is 12.0. The number of carbonyl (C=O) groups excluding carboxylic acids is 1. The predicted molar refractivity (Wildman–Crippen MR) is 78.2 cm³/mol. The van der Waals surface area contributed by atoms with Gasteiger partial charge in [0.05, 0.1) is 0 Å². The molecule has 1 amide bonds. The standard InChI is InChI=1S/C16H24N2O/c1-14(15-6-4-3-5-7-15)8-10-18-11-9-16(19)17(2)12-13-18/h3-7,14H,8-13H2,1-2H3/t14-/m1/s1. The molecule has 0 aliphatic carbocycles. The monoisotopic (exact) mass is 260 g/mol. The van der Waals surface area contributed by atoms with Crippen LogP contribution < -0.4 is 0 Å². The fraction of sp³-hybridized carbons (Fsp3) is 0.562. The van der Waals surface area contributed by atoms with Gasteiger partial charge >= 0.3 is 0 Å². The lowest BCUT2D eigenvalue weighted by atomic mass is 9.98. The number of benzene rings is 1. The number of carbonyl (C=O) groups is 1. The van der Waals surface area contributed by atoms with E-state index in [2.05, 4.69) is 42.2 Å². The Morgan fingerprint density at radius 2 is 1.89 bits per heavy atom. The highest BCUT2D eigenvalue weighted by Gasteiger charge is 2.18. The van der Waals surface area contributed by atoms with Gasteiger partial charge in [-0.15, -0.1) is 0 Å². The molecule has 3 nitrogen and oxygen atoms in total. The predicted octanol–water partition coefficient (Wildman–Crippen LogP) is 2.34. The van der Waals surface area contributed by atoms with E-state index in [1.165, 1.54) is 5.56 Å². The molecule has 0 aromatic heterocycles. The summed E-state index contributed by atoms with van der Waals surface area (Å²) in [6.07, 6.45) is 1.82. The van der Waals surface area contributed by atoms with Gasteiger partial charge in [-0.05, 0) is 24.4 Å². The van der Waals surface area contributed by atoms with Crippen LogP contribution in [0.1, 0.15) is 31.2 Å². The second kappa shape index (κ2) is 6.71. The molecule has 0 N–H and O–H groups in total. The van der Waals surface area contributed by atoms with Crippen LogP contribution in [0.4, 0.5) is 0 Å². The molecule has 1 aromatic carbocycles. The molecule has 1 fully saturated rings. The van der Waals surface area contributed by atoms with Crippen LogP contribution in [-0.2, 0) is 4.79 Å². The second-order valence-corrected chi connectivity index (χ2v) is 5.51. The minimum atomic E-state index is 0.276. The van der Waals surface area contributed by atoms with Gasteiger partial charge in [-0.25, -0.2) is 0 Å². The normalized spacial score (nSPS) is 19.3. The van der Waals surface area contributed by atoms with Crippen molar-refractivity contribution in [1.29, 1.82) is 0 Å². The van der Waals surface area contributed by atoms with E-state index < -0.39 is 0 Å². The van der Waals surface area contributed by atoms with Gasteiger partial charge in [0.1, 0.15) is 0 Å². The number of nitrogens with zero attached hydrogens (tertiary/aromatic N) is 2. The molecule has 1 atom stereocenters. The van der Waals surface area contributed by atoms with Crippen molar-refractivity contribution in [3.63, 3.8) is 0 Å². The molecule has 0 unspecified atom stereocenters. The summed E-state index contributed by atoms with van der Waals surface area (Å²) < 4.78 is 0. The maximum atomic E-state index is 11.6. The number of rotatable bonds is 4. The summed E-state index contributed by atoms with van der Waals surface area (Å²) in [6.45, 7) is 6.13. The summed E-state index contributed by atoms with van der Waals surface area (Å²) in [4.78, 5) is 15.9. The maximum Gasteiger partial charge on any atom is 0.223 e. The van der Waals surface area contributed by atoms with Crippen molar-refractivity contribution in [3.8, 4) is 0 Å². The topological polar surface area (TPSA) is 23.6 Å². The summed E-state index contributed by atoms with van der Waals surface area (Å²) in [5, 5.41) is 0. The van der Waals surface area contributed by atoms with Crippen molar-refractivity contribution in [2.24, 2.45) is 0 Å². The Bertz CT molecular complexity index is 404.